The van der Waals surface area contributed by atoms with Gasteiger partial charge in [0.1, 0.15) is 0 Å². The summed E-state index contributed by atoms with van der Waals surface area (Å²) >= 11 is 0. The van der Waals surface area contributed by atoms with Crippen LogP contribution < -0.4 is 5.73 Å². The van der Waals surface area contributed by atoms with Crippen LogP contribution in [0.25, 0.3) is 0 Å². The van der Waals surface area contributed by atoms with Crippen molar-refractivity contribution in [3.8, 4) is 0 Å². The van der Waals surface area contributed by atoms with Gasteiger partial charge in [-0.05, 0) is 6.07 Å². The van der Waals surface area contributed by atoms with Gasteiger partial charge >= 0.3 is 0 Å². The second kappa shape index (κ2) is 4.65. The van der Waals surface area contributed by atoms with Crippen molar-refractivity contribution in [1.29, 1.82) is 0 Å². The normalized spacial score (nSPS) is 13.5. The molecule has 76 valence electrons. The van der Waals surface area contributed by atoms with Crippen LogP contribution in [-0.4, -0.2) is 11.7 Å². The molecule has 1 aromatic heterocycles. The molecule has 13 heavy (non-hydrogen) atoms. The van der Waals surface area contributed by atoms with Gasteiger partial charge in [0.2, 0.25) is 0 Å². The molecule has 0 spiro atoms. The van der Waals surface area contributed by atoms with Crippen molar-refractivity contribution < 1.29 is 9.52 Å². The smallest absolute Gasteiger partial charge is 0.0950 e. The van der Waals surface area contributed by atoms with E-state index in [4.69, 9.17) is 15.3 Å². The highest BCUT2D eigenvalue weighted by atomic mass is 35.5. The van der Waals surface area contributed by atoms with Crippen LogP contribution in [0.2, 0.25) is 0 Å². The van der Waals surface area contributed by atoms with E-state index in [-0.39, 0.29) is 30.5 Å². The highest BCUT2D eigenvalue weighted by Crippen LogP contribution is 2.30. The first kappa shape index (κ1) is 12.5. The summed E-state index contributed by atoms with van der Waals surface area (Å²) in [6.07, 6.45) is 3.20. The minimum Gasteiger partial charge on any atom is -0.472 e. The Kier molecular flexibility index (Phi) is 4.47. The molecule has 0 aliphatic carbocycles. The molecule has 3 N–H and O–H groups in total. The van der Waals surface area contributed by atoms with E-state index in [1.54, 1.807) is 12.5 Å². The van der Waals surface area contributed by atoms with Crippen molar-refractivity contribution in [3.05, 3.63) is 24.2 Å². The van der Waals surface area contributed by atoms with Gasteiger partial charge in [0.25, 0.3) is 0 Å². The highest BCUT2D eigenvalue weighted by Gasteiger charge is 2.27. The zero-order valence-electron chi connectivity index (χ0n) is 7.86. The van der Waals surface area contributed by atoms with Crippen LogP contribution >= 0.6 is 12.4 Å². The molecule has 0 aliphatic rings. The number of nitrogens with two attached hydrogens (primary N) is 1. The molecule has 1 atom stereocenters. The van der Waals surface area contributed by atoms with E-state index in [2.05, 4.69) is 0 Å². The van der Waals surface area contributed by atoms with Gasteiger partial charge in [-0.25, -0.2) is 0 Å². The number of hydrogen-bond donors (Lipinski definition) is 2. The van der Waals surface area contributed by atoms with Crippen LogP contribution in [0, 0.1) is 5.41 Å². The first-order valence-electron chi connectivity index (χ1n) is 3.96. The number of furan rings is 1. The number of rotatable bonds is 3. The molecule has 0 aromatic carbocycles. The Morgan fingerprint density at radius 3 is 2.62 bits per heavy atom. The molecule has 4 heteroatoms. The second-order valence-corrected chi connectivity index (χ2v) is 3.68. The van der Waals surface area contributed by atoms with E-state index in [1.165, 1.54) is 0 Å². The van der Waals surface area contributed by atoms with Crippen molar-refractivity contribution in [2.45, 2.75) is 19.9 Å². The maximum absolute atomic E-state index is 9.05. The molecule has 0 unspecified atom stereocenters. The lowest BCUT2D eigenvalue weighted by atomic mass is 9.83. The molecule has 0 saturated heterocycles. The van der Waals surface area contributed by atoms with Gasteiger partial charge in [-0.2, -0.15) is 0 Å². The van der Waals surface area contributed by atoms with Crippen LogP contribution in [0.3, 0.4) is 0 Å². The van der Waals surface area contributed by atoms with Crippen LogP contribution in [-0.2, 0) is 0 Å². The highest BCUT2D eigenvalue weighted by molar-refractivity contribution is 5.85. The van der Waals surface area contributed by atoms with E-state index < -0.39 is 0 Å². The van der Waals surface area contributed by atoms with Crippen LogP contribution in [0.5, 0.6) is 0 Å². The molecule has 1 rings (SSSR count). The van der Waals surface area contributed by atoms with Gasteiger partial charge in [0.15, 0.2) is 0 Å². The summed E-state index contributed by atoms with van der Waals surface area (Å²) in [6.45, 7) is 3.91. The van der Waals surface area contributed by atoms with Gasteiger partial charge in [-0.3, -0.25) is 0 Å². The molecule has 0 fully saturated rings. The Morgan fingerprint density at radius 2 is 2.23 bits per heavy atom. The predicted molar refractivity (Wildman–Crippen MR) is 53.8 cm³/mol. The Hall–Kier alpha value is -0.510. The van der Waals surface area contributed by atoms with Crippen LogP contribution in [0.15, 0.2) is 23.0 Å². The molecule has 3 nitrogen and oxygen atoms in total. The molecule has 0 amide bonds. The molecule has 0 bridgehead atoms. The summed E-state index contributed by atoms with van der Waals surface area (Å²) in [5.41, 5.74) is 6.53. The van der Waals surface area contributed by atoms with E-state index in [9.17, 15) is 0 Å². The quantitative estimate of drug-likeness (QED) is 0.790. The Morgan fingerprint density at radius 1 is 1.62 bits per heavy atom. The second-order valence-electron chi connectivity index (χ2n) is 3.68. The van der Waals surface area contributed by atoms with Crippen molar-refractivity contribution in [3.63, 3.8) is 0 Å². The first-order valence-corrected chi connectivity index (χ1v) is 3.96. The predicted octanol–water partition coefficient (Wildman–Crippen LogP) is 1.72. The minimum absolute atomic E-state index is 0. The van der Waals surface area contributed by atoms with Gasteiger partial charge in [-0.15, -0.1) is 12.4 Å². The minimum atomic E-state index is -0.302. The number of halogens is 1. The summed E-state index contributed by atoms with van der Waals surface area (Å²) in [6, 6.07) is 1.64. The Bertz CT molecular complexity index is 234. The van der Waals surface area contributed by atoms with E-state index in [1.807, 2.05) is 19.9 Å². The fourth-order valence-corrected chi connectivity index (χ4v) is 1.00. The van der Waals surface area contributed by atoms with Crippen molar-refractivity contribution in [1.82, 2.24) is 0 Å². The summed E-state index contributed by atoms with van der Waals surface area (Å²) in [7, 11) is 0. The van der Waals surface area contributed by atoms with Crippen molar-refractivity contribution in [2.75, 3.05) is 6.61 Å². The fraction of sp³-hybridized carbons (Fsp3) is 0.556. The summed E-state index contributed by atoms with van der Waals surface area (Å²) < 4.78 is 4.91. The lowest BCUT2D eigenvalue weighted by molar-refractivity contribution is 0.132. The molecule has 1 aromatic rings. The van der Waals surface area contributed by atoms with Crippen LogP contribution in [0.4, 0.5) is 0 Å². The van der Waals surface area contributed by atoms with Crippen molar-refractivity contribution >= 4 is 12.4 Å². The molecule has 1 heterocycles. The van der Waals surface area contributed by atoms with E-state index >= 15 is 0 Å². The van der Waals surface area contributed by atoms with Gasteiger partial charge in [-0.1, -0.05) is 13.8 Å². The zero-order valence-corrected chi connectivity index (χ0v) is 8.67. The molecule has 0 radical (unpaired) electrons. The SMILES string of the molecule is CC(C)(CO)[C@@H](N)c1ccoc1.Cl. The zero-order chi connectivity index (χ0) is 9.19. The largest absolute Gasteiger partial charge is 0.472 e. The lowest BCUT2D eigenvalue weighted by Gasteiger charge is -2.28. The topological polar surface area (TPSA) is 59.4 Å². The van der Waals surface area contributed by atoms with Crippen LogP contribution in [0.1, 0.15) is 25.5 Å². The maximum atomic E-state index is 9.05. The van der Waals surface area contributed by atoms with E-state index in [0.717, 1.165) is 5.56 Å². The van der Waals surface area contributed by atoms with Gasteiger partial charge in [0, 0.05) is 23.6 Å². The fourth-order valence-electron chi connectivity index (χ4n) is 1.00. The lowest BCUT2D eigenvalue weighted by Crippen LogP contribution is -2.32. The van der Waals surface area contributed by atoms with Gasteiger partial charge < -0.3 is 15.3 Å². The van der Waals surface area contributed by atoms with E-state index in [0.29, 0.717) is 0 Å². The number of aliphatic hydroxyl groups is 1. The Balaban J connectivity index is 0.00000144. The number of aliphatic hydroxyl groups excluding tert-OH is 1. The average molecular weight is 206 g/mol. The summed E-state index contributed by atoms with van der Waals surface area (Å²) in [4.78, 5) is 0. The summed E-state index contributed by atoms with van der Waals surface area (Å²) in [5, 5.41) is 9.05. The monoisotopic (exact) mass is 205 g/mol. The third-order valence-corrected chi connectivity index (χ3v) is 2.15. The summed E-state index contributed by atoms with van der Waals surface area (Å²) in [5.74, 6) is 0. The Labute approximate surface area is 84.3 Å². The molecule has 0 saturated carbocycles. The third-order valence-electron chi connectivity index (χ3n) is 2.15. The molecule has 0 aliphatic heterocycles. The number of hydrogen-bond acceptors (Lipinski definition) is 3. The maximum Gasteiger partial charge on any atom is 0.0950 e. The van der Waals surface area contributed by atoms with Gasteiger partial charge in [0.05, 0.1) is 12.5 Å². The standard InChI is InChI=1S/C9H15NO2.ClH/c1-9(2,6-11)8(10)7-3-4-12-5-7;/h3-5,8,11H,6,10H2,1-2H3;1H/t8-;/m0./s1. The van der Waals surface area contributed by atoms with Crippen molar-refractivity contribution in [2.24, 2.45) is 11.1 Å². The third kappa shape index (κ3) is 2.72. The first-order chi connectivity index (χ1) is 5.58. The average Bonchev–Trinajstić information content (AvgIpc) is 2.55. The molecular formula is C9H16ClNO2. The molecular weight excluding hydrogens is 190 g/mol.